The molecule has 0 radical (unpaired) electrons. The van der Waals surface area contributed by atoms with Crippen molar-refractivity contribution < 1.29 is 9.90 Å². The standard InChI is InChI=1S/C18H34O2/c1-14(2)6-4-7-15(3)8-5-9-16-10-12-17(13-11-16)18(19)20/h14-17H,4-13H2,1-3H3,(H,19,20). The number of carboxylic acid groups (broad SMARTS) is 1. The first-order chi connectivity index (χ1) is 9.49. The van der Waals surface area contributed by atoms with Crippen molar-refractivity contribution in [1.29, 1.82) is 0 Å². The lowest BCUT2D eigenvalue weighted by Crippen LogP contribution is -2.21. The van der Waals surface area contributed by atoms with E-state index in [2.05, 4.69) is 20.8 Å². The smallest absolute Gasteiger partial charge is 0.306 e. The van der Waals surface area contributed by atoms with E-state index in [-0.39, 0.29) is 5.92 Å². The summed E-state index contributed by atoms with van der Waals surface area (Å²) < 4.78 is 0. The minimum Gasteiger partial charge on any atom is -0.481 e. The largest absolute Gasteiger partial charge is 0.481 e. The molecule has 118 valence electrons. The Balaban J connectivity index is 2.03. The second-order valence-electron chi connectivity index (χ2n) is 7.42. The molecule has 2 nitrogen and oxygen atoms in total. The lowest BCUT2D eigenvalue weighted by atomic mass is 9.79. The highest BCUT2D eigenvalue weighted by atomic mass is 16.4. The number of hydrogen-bond acceptors (Lipinski definition) is 1. The number of carboxylic acids is 1. The van der Waals surface area contributed by atoms with Crippen LogP contribution >= 0.6 is 0 Å². The average Bonchev–Trinajstić information content (AvgIpc) is 2.39. The molecule has 1 rings (SSSR count). The first-order valence-electron chi connectivity index (χ1n) is 8.71. The first kappa shape index (κ1) is 17.5. The van der Waals surface area contributed by atoms with Gasteiger partial charge in [0.2, 0.25) is 0 Å². The molecule has 0 saturated heterocycles. The molecule has 0 bridgehead atoms. The molecule has 1 fully saturated rings. The van der Waals surface area contributed by atoms with Crippen LogP contribution in [0.3, 0.4) is 0 Å². The Kier molecular flexibility index (Phi) is 8.25. The van der Waals surface area contributed by atoms with Crippen LogP contribution in [-0.2, 0) is 4.79 Å². The molecule has 2 heteroatoms. The maximum atomic E-state index is 10.9. The third-order valence-electron chi connectivity index (χ3n) is 4.98. The predicted molar refractivity (Wildman–Crippen MR) is 84.8 cm³/mol. The minimum atomic E-state index is -0.581. The molecular weight excluding hydrogens is 248 g/mol. The zero-order valence-corrected chi connectivity index (χ0v) is 13.7. The van der Waals surface area contributed by atoms with E-state index in [9.17, 15) is 4.79 Å². The summed E-state index contributed by atoms with van der Waals surface area (Å²) in [5, 5.41) is 8.99. The summed E-state index contributed by atoms with van der Waals surface area (Å²) in [5.74, 6) is 1.87. The van der Waals surface area contributed by atoms with Crippen molar-refractivity contribution in [2.24, 2.45) is 23.7 Å². The molecule has 0 aromatic rings. The maximum absolute atomic E-state index is 10.9. The summed E-state index contributed by atoms with van der Waals surface area (Å²) >= 11 is 0. The first-order valence-corrected chi connectivity index (χ1v) is 8.71. The van der Waals surface area contributed by atoms with Gasteiger partial charge in [-0.1, -0.05) is 59.3 Å². The molecule has 0 aromatic heterocycles. The van der Waals surface area contributed by atoms with Gasteiger partial charge in [-0.05, 0) is 43.4 Å². The molecule has 1 unspecified atom stereocenters. The van der Waals surface area contributed by atoms with E-state index in [0.29, 0.717) is 0 Å². The summed E-state index contributed by atoms with van der Waals surface area (Å²) in [5.41, 5.74) is 0. The molecule has 1 N–H and O–H groups in total. The fourth-order valence-corrected chi connectivity index (χ4v) is 3.47. The van der Waals surface area contributed by atoms with Crippen molar-refractivity contribution in [3.8, 4) is 0 Å². The van der Waals surface area contributed by atoms with Crippen molar-refractivity contribution in [1.82, 2.24) is 0 Å². The van der Waals surface area contributed by atoms with Gasteiger partial charge in [-0.2, -0.15) is 0 Å². The van der Waals surface area contributed by atoms with Crippen LogP contribution in [0.2, 0.25) is 0 Å². The molecular formula is C18H34O2. The summed E-state index contributed by atoms with van der Waals surface area (Å²) in [6.45, 7) is 7.00. The van der Waals surface area contributed by atoms with Gasteiger partial charge >= 0.3 is 5.97 Å². The van der Waals surface area contributed by atoms with Gasteiger partial charge in [0, 0.05) is 0 Å². The highest BCUT2D eigenvalue weighted by molar-refractivity contribution is 5.69. The van der Waals surface area contributed by atoms with Gasteiger partial charge < -0.3 is 5.11 Å². The predicted octanol–water partition coefficient (Wildman–Crippen LogP) is 5.51. The van der Waals surface area contributed by atoms with Crippen molar-refractivity contribution in [2.45, 2.75) is 85.0 Å². The lowest BCUT2D eigenvalue weighted by Gasteiger charge is -2.26. The van der Waals surface area contributed by atoms with E-state index >= 15 is 0 Å². The van der Waals surface area contributed by atoms with E-state index in [4.69, 9.17) is 5.11 Å². The van der Waals surface area contributed by atoms with Gasteiger partial charge in [-0.3, -0.25) is 4.79 Å². The van der Waals surface area contributed by atoms with Crippen LogP contribution < -0.4 is 0 Å². The van der Waals surface area contributed by atoms with E-state index in [1.165, 1.54) is 38.5 Å². The van der Waals surface area contributed by atoms with E-state index in [1.807, 2.05) is 0 Å². The van der Waals surface area contributed by atoms with Crippen molar-refractivity contribution in [2.75, 3.05) is 0 Å². The number of rotatable bonds is 9. The van der Waals surface area contributed by atoms with Gasteiger partial charge in [0.25, 0.3) is 0 Å². The lowest BCUT2D eigenvalue weighted by molar-refractivity contribution is -0.143. The van der Waals surface area contributed by atoms with Crippen LogP contribution in [0.4, 0.5) is 0 Å². The van der Waals surface area contributed by atoms with Crippen LogP contribution in [0.5, 0.6) is 0 Å². The molecule has 0 spiro atoms. The normalized spacial score (nSPS) is 24.8. The molecule has 0 aromatic carbocycles. The van der Waals surface area contributed by atoms with E-state index < -0.39 is 5.97 Å². The average molecular weight is 282 g/mol. The number of hydrogen-bond donors (Lipinski definition) is 1. The van der Waals surface area contributed by atoms with Crippen molar-refractivity contribution in [3.63, 3.8) is 0 Å². The van der Waals surface area contributed by atoms with Gasteiger partial charge in [0.15, 0.2) is 0 Å². The highest BCUT2D eigenvalue weighted by Gasteiger charge is 2.25. The van der Waals surface area contributed by atoms with Crippen molar-refractivity contribution >= 4 is 5.97 Å². The Hall–Kier alpha value is -0.530. The highest BCUT2D eigenvalue weighted by Crippen LogP contribution is 2.32. The molecule has 1 atom stereocenters. The fourth-order valence-electron chi connectivity index (χ4n) is 3.47. The Morgan fingerprint density at radius 1 is 1.00 bits per heavy atom. The molecule has 20 heavy (non-hydrogen) atoms. The minimum absolute atomic E-state index is 0.0544. The molecule has 0 amide bonds. The molecule has 1 aliphatic rings. The molecule has 1 saturated carbocycles. The Labute approximate surface area is 125 Å². The Bertz CT molecular complexity index is 265. The van der Waals surface area contributed by atoms with Gasteiger partial charge in [0.1, 0.15) is 0 Å². The van der Waals surface area contributed by atoms with Gasteiger partial charge in [-0.15, -0.1) is 0 Å². The van der Waals surface area contributed by atoms with Crippen molar-refractivity contribution in [3.05, 3.63) is 0 Å². The molecule has 0 aliphatic heterocycles. The third kappa shape index (κ3) is 7.31. The van der Waals surface area contributed by atoms with Gasteiger partial charge in [-0.25, -0.2) is 0 Å². The summed E-state index contributed by atoms with van der Waals surface area (Å²) in [6, 6.07) is 0. The summed E-state index contributed by atoms with van der Waals surface area (Å²) in [7, 11) is 0. The van der Waals surface area contributed by atoms with E-state index in [0.717, 1.165) is 43.4 Å². The Morgan fingerprint density at radius 3 is 2.15 bits per heavy atom. The Morgan fingerprint density at radius 2 is 1.60 bits per heavy atom. The van der Waals surface area contributed by atoms with Crippen LogP contribution in [0.1, 0.15) is 85.0 Å². The number of aliphatic carboxylic acids is 1. The third-order valence-corrected chi connectivity index (χ3v) is 4.98. The summed E-state index contributed by atoms with van der Waals surface area (Å²) in [4.78, 5) is 10.9. The van der Waals surface area contributed by atoms with Crippen LogP contribution in [0.25, 0.3) is 0 Å². The second-order valence-corrected chi connectivity index (χ2v) is 7.42. The van der Waals surface area contributed by atoms with Crippen LogP contribution in [-0.4, -0.2) is 11.1 Å². The fraction of sp³-hybridized carbons (Fsp3) is 0.944. The van der Waals surface area contributed by atoms with Crippen LogP contribution in [0.15, 0.2) is 0 Å². The topological polar surface area (TPSA) is 37.3 Å². The maximum Gasteiger partial charge on any atom is 0.306 e. The summed E-state index contributed by atoms with van der Waals surface area (Å²) in [6.07, 6.45) is 12.2. The quantitative estimate of drug-likeness (QED) is 0.605. The monoisotopic (exact) mass is 282 g/mol. The van der Waals surface area contributed by atoms with Gasteiger partial charge in [0.05, 0.1) is 5.92 Å². The van der Waals surface area contributed by atoms with Crippen LogP contribution in [0, 0.1) is 23.7 Å². The zero-order valence-electron chi connectivity index (χ0n) is 13.7. The van der Waals surface area contributed by atoms with E-state index in [1.54, 1.807) is 0 Å². The molecule has 0 heterocycles. The molecule has 1 aliphatic carbocycles. The zero-order chi connectivity index (χ0) is 15.0. The second kappa shape index (κ2) is 9.41. The SMILES string of the molecule is CC(C)CCCC(C)CCCC1CCC(C(=O)O)CC1. The number of carbonyl (C=O) groups is 1.